The van der Waals surface area contributed by atoms with Crippen molar-refractivity contribution in [3.05, 3.63) is 45.3 Å². The first-order valence-corrected chi connectivity index (χ1v) is 9.75. The van der Waals surface area contributed by atoms with Gasteiger partial charge in [-0.15, -0.1) is 11.3 Å². The number of halogens is 1. The fourth-order valence-corrected chi connectivity index (χ4v) is 3.83. The highest BCUT2D eigenvalue weighted by atomic mass is 35.5. The van der Waals surface area contributed by atoms with Crippen LogP contribution in [0, 0.1) is 5.92 Å². The van der Waals surface area contributed by atoms with E-state index in [2.05, 4.69) is 17.6 Å². The van der Waals surface area contributed by atoms with Crippen LogP contribution in [0.1, 0.15) is 47.5 Å². The Kier molecular flexibility index (Phi) is 5.45. The van der Waals surface area contributed by atoms with E-state index < -0.39 is 0 Å². The molecule has 0 radical (unpaired) electrons. The van der Waals surface area contributed by atoms with E-state index in [0.29, 0.717) is 14.9 Å². The molecule has 25 heavy (non-hydrogen) atoms. The number of carbonyl (C=O) groups excluding carboxylic acids is 2. The lowest BCUT2D eigenvalue weighted by atomic mass is 10.0. The smallest absolute Gasteiger partial charge is 0.265 e. The van der Waals surface area contributed by atoms with E-state index >= 15 is 0 Å². The Balaban J connectivity index is 1.77. The third-order valence-corrected chi connectivity index (χ3v) is 5.69. The van der Waals surface area contributed by atoms with E-state index in [9.17, 15) is 9.59 Å². The van der Waals surface area contributed by atoms with Gasteiger partial charge in [0.05, 0.1) is 9.88 Å². The molecule has 0 saturated heterocycles. The van der Waals surface area contributed by atoms with Crippen molar-refractivity contribution in [1.29, 1.82) is 0 Å². The highest BCUT2D eigenvalue weighted by Crippen LogP contribution is 2.33. The number of aryl methyl sites for hydroxylation is 1. The molecule has 0 atom stereocenters. The lowest BCUT2D eigenvalue weighted by molar-refractivity contribution is -0.117. The average molecular weight is 377 g/mol. The van der Waals surface area contributed by atoms with Crippen LogP contribution in [0.15, 0.2) is 24.3 Å². The van der Waals surface area contributed by atoms with Crippen LogP contribution in [0.3, 0.4) is 0 Å². The molecule has 0 aliphatic heterocycles. The molecule has 6 heteroatoms. The number of carbonyl (C=O) groups is 2. The Hall–Kier alpha value is -1.85. The number of rotatable bonds is 6. The van der Waals surface area contributed by atoms with Crippen molar-refractivity contribution in [3.8, 4) is 0 Å². The van der Waals surface area contributed by atoms with Gasteiger partial charge in [0.1, 0.15) is 0 Å². The van der Waals surface area contributed by atoms with E-state index in [1.54, 1.807) is 12.1 Å². The fraction of sp³-hybridized carbons (Fsp3) is 0.368. The van der Waals surface area contributed by atoms with Gasteiger partial charge in [0.15, 0.2) is 0 Å². The molecule has 3 rings (SSSR count). The predicted octanol–water partition coefficient (Wildman–Crippen LogP) is 5.13. The molecule has 2 N–H and O–H groups in total. The largest absolute Gasteiger partial charge is 0.321 e. The molecule has 2 aromatic rings. The lowest BCUT2D eigenvalue weighted by Crippen LogP contribution is -2.14. The van der Waals surface area contributed by atoms with Gasteiger partial charge < -0.3 is 10.6 Å². The Morgan fingerprint density at radius 1 is 1.12 bits per heavy atom. The molecule has 0 bridgehead atoms. The minimum atomic E-state index is -0.177. The van der Waals surface area contributed by atoms with Crippen LogP contribution in [-0.4, -0.2) is 11.8 Å². The second-order valence-corrected chi connectivity index (χ2v) is 7.64. The van der Waals surface area contributed by atoms with E-state index in [1.165, 1.54) is 11.3 Å². The van der Waals surface area contributed by atoms with Crippen molar-refractivity contribution >= 4 is 45.4 Å². The Labute approximate surface area is 156 Å². The molecule has 0 unspecified atom stereocenters. The quantitative estimate of drug-likeness (QED) is 0.734. The number of thiophene rings is 1. The molecule has 4 nitrogen and oxygen atoms in total. The zero-order chi connectivity index (χ0) is 18.0. The van der Waals surface area contributed by atoms with Crippen LogP contribution in [0.4, 0.5) is 10.7 Å². The Morgan fingerprint density at radius 2 is 1.88 bits per heavy atom. The number of amides is 2. The third-order valence-electron chi connectivity index (χ3n) is 4.34. The van der Waals surface area contributed by atoms with Crippen molar-refractivity contribution in [2.24, 2.45) is 5.92 Å². The summed E-state index contributed by atoms with van der Waals surface area (Å²) in [4.78, 5) is 25.0. The first kappa shape index (κ1) is 18.0. The standard InChI is InChI=1S/C19H21ClN2O2S/c1-3-11-7-8-14(20)13(4-2)17(11)22-19(24)15-9-10-16(25-15)21-18(23)12-5-6-12/h7-10,12H,3-6H2,1-2H3,(H,21,23)(H,22,24). The first-order valence-electron chi connectivity index (χ1n) is 8.55. The summed E-state index contributed by atoms with van der Waals surface area (Å²) in [5, 5.41) is 7.26. The maximum atomic E-state index is 12.7. The summed E-state index contributed by atoms with van der Waals surface area (Å²) >= 11 is 7.58. The third kappa shape index (κ3) is 4.05. The van der Waals surface area contributed by atoms with Gasteiger partial charge in [0, 0.05) is 16.6 Å². The lowest BCUT2D eigenvalue weighted by Gasteiger charge is -2.15. The van der Waals surface area contributed by atoms with Gasteiger partial charge in [-0.25, -0.2) is 0 Å². The predicted molar refractivity (Wildman–Crippen MR) is 104 cm³/mol. The van der Waals surface area contributed by atoms with E-state index in [1.807, 2.05) is 19.1 Å². The van der Waals surface area contributed by atoms with E-state index in [4.69, 9.17) is 11.6 Å². The van der Waals surface area contributed by atoms with Gasteiger partial charge in [-0.3, -0.25) is 9.59 Å². The molecule has 1 aliphatic rings. The summed E-state index contributed by atoms with van der Waals surface area (Å²) in [6, 6.07) is 7.35. The van der Waals surface area contributed by atoms with Gasteiger partial charge in [-0.1, -0.05) is 31.5 Å². The summed E-state index contributed by atoms with van der Waals surface area (Å²) in [5.41, 5.74) is 2.82. The van der Waals surface area contributed by atoms with Gasteiger partial charge in [-0.05, 0) is 55.0 Å². The van der Waals surface area contributed by atoms with Crippen LogP contribution >= 0.6 is 22.9 Å². The number of benzene rings is 1. The fourth-order valence-electron chi connectivity index (χ4n) is 2.74. The summed E-state index contributed by atoms with van der Waals surface area (Å²) in [7, 11) is 0. The van der Waals surface area contributed by atoms with E-state index in [-0.39, 0.29) is 17.7 Å². The molecule has 1 aromatic heterocycles. The number of nitrogens with one attached hydrogen (secondary N) is 2. The Bertz CT molecular complexity index is 812. The maximum absolute atomic E-state index is 12.7. The van der Waals surface area contributed by atoms with Crippen molar-refractivity contribution < 1.29 is 9.59 Å². The van der Waals surface area contributed by atoms with Gasteiger partial charge in [-0.2, -0.15) is 0 Å². The van der Waals surface area contributed by atoms with E-state index in [0.717, 1.165) is 42.5 Å². The van der Waals surface area contributed by atoms with Gasteiger partial charge in [0.2, 0.25) is 5.91 Å². The Morgan fingerprint density at radius 3 is 2.52 bits per heavy atom. The van der Waals surface area contributed by atoms with Gasteiger partial charge >= 0.3 is 0 Å². The summed E-state index contributed by atoms with van der Waals surface area (Å²) in [6.07, 6.45) is 3.47. The summed E-state index contributed by atoms with van der Waals surface area (Å²) in [6.45, 7) is 4.07. The normalized spacial score (nSPS) is 13.6. The van der Waals surface area contributed by atoms with Crippen LogP contribution in [-0.2, 0) is 17.6 Å². The molecule has 1 aromatic carbocycles. The molecule has 1 saturated carbocycles. The number of anilines is 2. The van der Waals surface area contributed by atoms with Crippen molar-refractivity contribution in [1.82, 2.24) is 0 Å². The van der Waals surface area contributed by atoms with Gasteiger partial charge in [0.25, 0.3) is 5.91 Å². The zero-order valence-electron chi connectivity index (χ0n) is 14.3. The first-order chi connectivity index (χ1) is 12.0. The number of hydrogen-bond acceptors (Lipinski definition) is 3. The summed E-state index contributed by atoms with van der Waals surface area (Å²) in [5.74, 6) is 0.0128. The monoisotopic (exact) mass is 376 g/mol. The molecule has 132 valence electrons. The molecular weight excluding hydrogens is 356 g/mol. The molecular formula is C19H21ClN2O2S. The highest BCUT2D eigenvalue weighted by Gasteiger charge is 2.30. The molecule has 0 spiro atoms. The van der Waals surface area contributed by atoms with Crippen LogP contribution in [0.5, 0.6) is 0 Å². The second kappa shape index (κ2) is 7.58. The zero-order valence-corrected chi connectivity index (χ0v) is 15.9. The average Bonchev–Trinajstić information content (AvgIpc) is 3.35. The second-order valence-electron chi connectivity index (χ2n) is 6.15. The minimum Gasteiger partial charge on any atom is -0.321 e. The molecule has 1 aliphatic carbocycles. The van der Waals surface area contributed by atoms with Crippen molar-refractivity contribution in [2.75, 3.05) is 10.6 Å². The maximum Gasteiger partial charge on any atom is 0.265 e. The minimum absolute atomic E-state index is 0.0465. The van der Waals surface area contributed by atoms with Crippen LogP contribution in [0.25, 0.3) is 0 Å². The van der Waals surface area contributed by atoms with Crippen LogP contribution in [0.2, 0.25) is 5.02 Å². The highest BCUT2D eigenvalue weighted by molar-refractivity contribution is 7.18. The molecule has 1 heterocycles. The summed E-state index contributed by atoms with van der Waals surface area (Å²) < 4.78 is 0. The van der Waals surface area contributed by atoms with Crippen molar-refractivity contribution in [3.63, 3.8) is 0 Å². The molecule has 1 fully saturated rings. The topological polar surface area (TPSA) is 58.2 Å². The van der Waals surface area contributed by atoms with Crippen molar-refractivity contribution in [2.45, 2.75) is 39.5 Å². The molecule has 2 amide bonds. The number of hydrogen-bond donors (Lipinski definition) is 2. The SMILES string of the molecule is CCc1ccc(Cl)c(CC)c1NC(=O)c1ccc(NC(=O)C2CC2)s1. The van der Waals surface area contributed by atoms with Crippen LogP contribution < -0.4 is 10.6 Å².